The summed E-state index contributed by atoms with van der Waals surface area (Å²) in [6.45, 7) is 0. The lowest BCUT2D eigenvalue weighted by molar-refractivity contribution is -0.158. The summed E-state index contributed by atoms with van der Waals surface area (Å²) in [5.41, 5.74) is -0.738. The second-order valence-corrected chi connectivity index (χ2v) is 5.02. The molecule has 92 valence electrons. The second kappa shape index (κ2) is 4.27. The molecule has 1 saturated carbocycles. The van der Waals surface area contributed by atoms with E-state index in [1.807, 2.05) is 0 Å². The molecule has 2 N–H and O–H groups in total. The number of aliphatic carboxylic acids is 1. The molecular formula is C12H12ClFO3. The van der Waals surface area contributed by atoms with E-state index in [-0.39, 0.29) is 19.3 Å². The van der Waals surface area contributed by atoms with E-state index in [2.05, 4.69) is 0 Å². The van der Waals surface area contributed by atoms with Gasteiger partial charge in [-0.2, -0.15) is 0 Å². The van der Waals surface area contributed by atoms with E-state index >= 15 is 0 Å². The van der Waals surface area contributed by atoms with Gasteiger partial charge in [0.05, 0.1) is 11.5 Å². The van der Waals surface area contributed by atoms with Gasteiger partial charge in [-0.1, -0.05) is 17.7 Å². The SMILES string of the molecule is O=C(O)C1CC(O)(Cc2ccc(Cl)cc2F)C1. The number of carboxylic acids is 1. The van der Waals surface area contributed by atoms with Crippen LogP contribution in [0.25, 0.3) is 0 Å². The Morgan fingerprint density at radius 2 is 2.18 bits per heavy atom. The molecule has 0 spiro atoms. The van der Waals surface area contributed by atoms with Crippen molar-refractivity contribution >= 4 is 17.6 Å². The number of benzene rings is 1. The van der Waals surface area contributed by atoms with Crippen molar-refractivity contribution < 1.29 is 19.4 Å². The monoisotopic (exact) mass is 258 g/mol. The van der Waals surface area contributed by atoms with Crippen molar-refractivity contribution in [2.24, 2.45) is 5.92 Å². The summed E-state index contributed by atoms with van der Waals surface area (Å²) in [5.74, 6) is -1.90. The fraction of sp³-hybridized carbons (Fsp3) is 0.417. The van der Waals surface area contributed by atoms with Gasteiger partial charge in [0.1, 0.15) is 5.82 Å². The van der Waals surface area contributed by atoms with Gasteiger partial charge in [-0.05, 0) is 30.5 Å². The Hall–Kier alpha value is -1.13. The maximum atomic E-state index is 13.5. The lowest BCUT2D eigenvalue weighted by atomic mass is 9.68. The van der Waals surface area contributed by atoms with Crippen LogP contribution in [0.4, 0.5) is 4.39 Å². The molecule has 1 aromatic carbocycles. The molecule has 5 heteroatoms. The third kappa shape index (κ3) is 2.58. The Morgan fingerprint density at radius 3 is 2.71 bits per heavy atom. The summed E-state index contributed by atoms with van der Waals surface area (Å²) >= 11 is 5.62. The van der Waals surface area contributed by atoms with Gasteiger partial charge >= 0.3 is 5.97 Å². The average Bonchev–Trinajstić information content (AvgIpc) is 2.18. The lowest BCUT2D eigenvalue weighted by Crippen LogP contribution is -2.48. The first kappa shape index (κ1) is 12.3. The number of hydrogen-bond acceptors (Lipinski definition) is 2. The van der Waals surface area contributed by atoms with Gasteiger partial charge in [-0.15, -0.1) is 0 Å². The molecule has 0 aromatic heterocycles. The number of carboxylic acid groups (broad SMARTS) is 1. The molecule has 0 atom stereocenters. The topological polar surface area (TPSA) is 57.5 Å². The Bertz CT molecular complexity index is 455. The molecule has 0 saturated heterocycles. The zero-order valence-electron chi connectivity index (χ0n) is 8.99. The molecule has 17 heavy (non-hydrogen) atoms. The maximum absolute atomic E-state index is 13.5. The van der Waals surface area contributed by atoms with E-state index in [0.29, 0.717) is 10.6 Å². The first-order chi connectivity index (χ1) is 7.89. The Kier molecular flexibility index (Phi) is 3.10. The van der Waals surface area contributed by atoms with Gasteiger partial charge in [0.25, 0.3) is 0 Å². The minimum Gasteiger partial charge on any atom is -0.481 e. The lowest BCUT2D eigenvalue weighted by Gasteiger charge is -2.41. The van der Waals surface area contributed by atoms with Crippen LogP contribution in [-0.2, 0) is 11.2 Å². The Morgan fingerprint density at radius 1 is 1.53 bits per heavy atom. The third-order valence-corrected chi connectivity index (χ3v) is 3.37. The molecular weight excluding hydrogens is 247 g/mol. The first-order valence-electron chi connectivity index (χ1n) is 5.29. The van der Waals surface area contributed by atoms with Crippen molar-refractivity contribution in [2.75, 3.05) is 0 Å². The minimum absolute atomic E-state index is 0.125. The zero-order valence-corrected chi connectivity index (χ0v) is 9.75. The third-order valence-electron chi connectivity index (χ3n) is 3.14. The number of rotatable bonds is 3. The summed E-state index contributed by atoms with van der Waals surface area (Å²) in [5, 5.41) is 19.0. The molecule has 0 bridgehead atoms. The highest BCUT2D eigenvalue weighted by atomic mass is 35.5. The normalized spacial score (nSPS) is 27.6. The first-order valence-corrected chi connectivity index (χ1v) is 5.66. The highest BCUT2D eigenvalue weighted by molar-refractivity contribution is 6.30. The number of aliphatic hydroxyl groups is 1. The van der Waals surface area contributed by atoms with Crippen LogP contribution in [0, 0.1) is 11.7 Å². The van der Waals surface area contributed by atoms with E-state index in [4.69, 9.17) is 16.7 Å². The number of halogens is 2. The molecule has 0 unspecified atom stereocenters. The molecule has 0 amide bonds. The highest BCUT2D eigenvalue weighted by Gasteiger charge is 2.46. The predicted molar refractivity (Wildman–Crippen MR) is 60.4 cm³/mol. The fourth-order valence-corrected chi connectivity index (χ4v) is 2.35. The van der Waals surface area contributed by atoms with Gasteiger partial charge in [0.2, 0.25) is 0 Å². The summed E-state index contributed by atoms with van der Waals surface area (Å²) in [4.78, 5) is 10.6. The minimum atomic E-state index is -1.10. The van der Waals surface area contributed by atoms with E-state index in [0.717, 1.165) is 0 Å². The molecule has 0 aliphatic heterocycles. The molecule has 0 heterocycles. The van der Waals surface area contributed by atoms with Crippen molar-refractivity contribution in [3.05, 3.63) is 34.6 Å². The Labute approximate surface area is 103 Å². The number of carbonyl (C=O) groups is 1. The van der Waals surface area contributed by atoms with E-state index in [9.17, 15) is 14.3 Å². The van der Waals surface area contributed by atoms with E-state index in [1.54, 1.807) is 6.07 Å². The van der Waals surface area contributed by atoms with Gasteiger partial charge < -0.3 is 10.2 Å². The largest absolute Gasteiger partial charge is 0.481 e. The predicted octanol–water partition coefficient (Wildman–Crippen LogP) is 2.25. The second-order valence-electron chi connectivity index (χ2n) is 4.58. The quantitative estimate of drug-likeness (QED) is 0.874. The molecule has 1 fully saturated rings. The molecule has 1 aliphatic rings. The van der Waals surface area contributed by atoms with Crippen LogP contribution in [0.15, 0.2) is 18.2 Å². The molecule has 0 radical (unpaired) electrons. The van der Waals surface area contributed by atoms with E-state index in [1.165, 1.54) is 12.1 Å². The van der Waals surface area contributed by atoms with Crippen molar-refractivity contribution in [2.45, 2.75) is 24.9 Å². The van der Waals surface area contributed by atoms with Crippen LogP contribution in [-0.4, -0.2) is 21.8 Å². The highest BCUT2D eigenvalue weighted by Crippen LogP contribution is 2.40. The van der Waals surface area contributed by atoms with Crippen LogP contribution in [0.2, 0.25) is 5.02 Å². The van der Waals surface area contributed by atoms with Gasteiger partial charge in [-0.3, -0.25) is 4.79 Å². The van der Waals surface area contributed by atoms with Crippen molar-refractivity contribution in [1.82, 2.24) is 0 Å². The van der Waals surface area contributed by atoms with Crippen molar-refractivity contribution in [3.8, 4) is 0 Å². The average molecular weight is 259 g/mol. The van der Waals surface area contributed by atoms with Gasteiger partial charge in [0, 0.05) is 11.4 Å². The van der Waals surface area contributed by atoms with Crippen LogP contribution >= 0.6 is 11.6 Å². The van der Waals surface area contributed by atoms with E-state index < -0.39 is 23.3 Å². The zero-order chi connectivity index (χ0) is 12.6. The van der Waals surface area contributed by atoms with Crippen LogP contribution < -0.4 is 0 Å². The number of hydrogen-bond donors (Lipinski definition) is 2. The summed E-state index contributed by atoms with van der Waals surface area (Å²) in [6.07, 6.45) is 0.467. The van der Waals surface area contributed by atoms with Crippen molar-refractivity contribution in [1.29, 1.82) is 0 Å². The summed E-state index contributed by atoms with van der Waals surface area (Å²) < 4.78 is 13.5. The molecule has 3 nitrogen and oxygen atoms in total. The van der Waals surface area contributed by atoms with Crippen LogP contribution in [0.1, 0.15) is 18.4 Å². The van der Waals surface area contributed by atoms with Crippen molar-refractivity contribution in [3.63, 3.8) is 0 Å². The van der Waals surface area contributed by atoms with Gasteiger partial charge in [-0.25, -0.2) is 4.39 Å². The Balaban J connectivity index is 2.05. The smallest absolute Gasteiger partial charge is 0.306 e. The molecule has 1 aromatic rings. The fourth-order valence-electron chi connectivity index (χ4n) is 2.20. The molecule has 2 rings (SSSR count). The standard InChI is InChI=1S/C12H12ClFO3/c13-9-2-1-7(10(14)3-9)4-12(17)5-8(6-12)11(15)16/h1-3,8,17H,4-6H2,(H,15,16). The maximum Gasteiger partial charge on any atom is 0.306 e. The van der Waals surface area contributed by atoms with Gasteiger partial charge in [0.15, 0.2) is 0 Å². The van der Waals surface area contributed by atoms with Crippen LogP contribution in [0.3, 0.4) is 0 Å². The summed E-state index contributed by atoms with van der Waals surface area (Å²) in [7, 11) is 0. The van der Waals surface area contributed by atoms with Crippen LogP contribution in [0.5, 0.6) is 0 Å². The summed E-state index contributed by atoms with van der Waals surface area (Å²) in [6, 6.07) is 4.26. The molecule has 1 aliphatic carbocycles.